The summed E-state index contributed by atoms with van der Waals surface area (Å²) in [5.41, 5.74) is 3.96. The molecule has 0 saturated heterocycles. The molecule has 5 nitrogen and oxygen atoms in total. The lowest BCUT2D eigenvalue weighted by atomic mass is 10.0. The van der Waals surface area contributed by atoms with Crippen molar-refractivity contribution in [1.29, 1.82) is 0 Å². The number of benzene rings is 1. The Hall–Kier alpha value is -2.40. The first-order valence-electron chi connectivity index (χ1n) is 6.47. The number of hydrogen-bond donors (Lipinski definition) is 3. The molecule has 2 aromatic rings. The maximum atomic E-state index is 12.0. The molecule has 1 aromatic heterocycles. The van der Waals surface area contributed by atoms with Gasteiger partial charge in [0.25, 0.3) is 5.91 Å². The molecule has 4 N–H and O–H groups in total. The van der Waals surface area contributed by atoms with Crippen molar-refractivity contribution in [3.63, 3.8) is 0 Å². The van der Waals surface area contributed by atoms with Gasteiger partial charge in [-0.1, -0.05) is 43.3 Å². The van der Waals surface area contributed by atoms with Crippen molar-refractivity contribution in [2.45, 2.75) is 12.8 Å². The van der Waals surface area contributed by atoms with Crippen molar-refractivity contribution in [2.24, 2.45) is 5.84 Å². The number of anilines is 1. The second-order valence-corrected chi connectivity index (χ2v) is 4.57. The van der Waals surface area contributed by atoms with Crippen molar-refractivity contribution in [3.8, 4) is 0 Å². The lowest BCUT2D eigenvalue weighted by Gasteiger charge is -2.13. The standard InChI is InChI=1S/C15H18N4O/c1-11(12-6-3-2-4-7-12)10-17-15(20)13-8-5-9-14(18-13)19-16/h2-9,11H,10,16H2,1H3,(H,17,20)(H,18,19). The summed E-state index contributed by atoms with van der Waals surface area (Å²) >= 11 is 0. The number of carbonyl (C=O) groups is 1. The van der Waals surface area contributed by atoms with Crippen LogP contribution in [0.15, 0.2) is 48.5 Å². The average molecular weight is 270 g/mol. The Labute approximate surface area is 118 Å². The van der Waals surface area contributed by atoms with Crippen molar-refractivity contribution in [3.05, 3.63) is 59.8 Å². The summed E-state index contributed by atoms with van der Waals surface area (Å²) in [6.07, 6.45) is 0. The summed E-state index contributed by atoms with van der Waals surface area (Å²) in [5.74, 6) is 5.78. The Morgan fingerprint density at radius 1 is 1.20 bits per heavy atom. The van der Waals surface area contributed by atoms with Crippen molar-refractivity contribution in [2.75, 3.05) is 12.0 Å². The van der Waals surface area contributed by atoms with Gasteiger partial charge < -0.3 is 10.7 Å². The second kappa shape index (κ2) is 6.68. The molecule has 1 heterocycles. The smallest absolute Gasteiger partial charge is 0.269 e. The minimum absolute atomic E-state index is 0.204. The van der Waals surface area contributed by atoms with Gasteiger partial charge in [0.15, 0.2) is 0 Å². The highest BCUT2D eigenvalue weighted by Gasteiger charge is 2.10. The van der Waals surface area contributed by atoms with Crippen molar-refractivity contribution < 1.29 is 4.79 Å². The van der Waals surface area contributed by atoms with E-state index in [9.17, 15) is 4.79 Å². The third-order valence-electron chi connectivity index (χ3n) is 3.07. The lowest BCUT2D eigenvalue weighted by Crippen LogP contribution is -2.28. The first-order valence-corrected chi connectivity index (χ1v) is 6.47. The molecule has 5 heteroatoms. The van der Waals surface area contributed by atoms with E-state index >= 15 is 0 Å². The van der Waals surface area contributed by atoms with E-state index in [0.29, 0.717) is 18.1 Å². The molecule has 0 fully saturated rings. The fraction of sp³-hybridized carbons (Fsp3) is 0.200. The molecular formula is C15H18N4O. The number of hydrazine groups is 1. The number of amides is 1. The van der Waals surface area contributed by atoms with Gasteiger partial charge in [-0.3, -0.25) is 4.79 Å². The van der Waals surface area contributed by atoms with Crippen LogP contribution in [0, 0.1) is 0 Å². The van der Waals surface area contributed by atoms with Crippen LogP contribution in [0.25, 0.3) is 0 Å². The van der Waals surface area contributed by atoms with Gasteiger partial charge in [0, 0.05) is 6.54 Å². The quantitative estimate of drug-likeness (QED) is 0.572. The van der Waals surface area contributed by atoms with E-state index in [-0.39, 0.29) is 11.8 Å². The van der Waals surface area contributed by atoms with Crippen molar-refractivity contribution in [1.82, 2.24) is 10.3 Å². The Kier molecular flexibility index (Phi) is 4.68. The number of nitrogens with two attached hydrogens (primary N) is 1. The van der Waals surface area contributed by atoms with Gasteiger partial charge >= 0.3 is 0 Å². The van der Waals surface area contributed by atoms with Crippen LogP contribution in [-0.2, 0) is 0 Å². The summed E-state index contributed by atoms with van der Waals surface area (Å²) in [4.78, 5) is 16.1. The lowest BCUT2D eigenvalue weighted by molar-refractivity contribution is 0.0947. The second-order valence-electron chi connectivity index (χ2n) is 4.57. The monoisotopic (exact) mass is 270 g/mol. The molecule has 1 unspecified atom stereocenters. The third kappa shape index (κ3) is 3.55. The van der Waals surface area contributed by atoms with Crippen LogP contribution in [-0.4, -0.2) is 17.4 Å². The van der Waals surface area contributed by atoms with Crippen LogP contribution in [0.4, 0.5) is 5.82 Å². The number of nitrogens with zero attached hydrogens (tertiary/aromatic N) is 1. The highest BCUT2D eigenvalue weighted by Crippen LogP contribution is 2.13. The number of nitrogen functional groups attached to an aromatic ring is 1. The van der Waals surface area contributed by atoms with Gasteiger partial charge in [0.05, 0.1) is 0 Å². The van der Waals surface area contributed by atoms with Crippen LogP contribution in [0.2, 0.25) is 0 Å². The molecule has 0 saturated carbocycles. The number of nitrogens with one attached hydrogen (secondary N) is 2. The molecule has 20 heavy (non-hydrogen) atoms. The third-order valence-corrected chi connectivity index (χ3v) is 3.07. The maximum absolute atomic E-state index is 12.0. The molecule has 0 aliphatic heterocycles. The van der Waals surface area contributed by atoms with Gasteiger partial charge in [0.2, 0.25) is 0 Å². The van der Waals surface area contributed by atoms with Crippen molar-refractivity contribution >= 4 is 11.7 Å². The molecule has 1 amide bonds. The predicted octanol–water partition coefficient (Wildman–Crippen LogP) is 1.90. The van der Waals surface area contributed by atoms with Crippen LogP contribution in [0.5, 0.6) is 0 Å². The zero-order valence-corrected chi connectivity index (χ0v) is 11.3. The first kappa shape index (κ1) is 14.0. The zero-order valence-electron chi connectivity index (χ0n) is 11.3. The van der Waals surface area contributed by atoms with Crippen LogP contribution < -0.4 is 16.6 Å². The minimum Gasteiger partial charge on any atom is -0.350 e. The number of rotatable bonds is 5. The highest BCUT2D eigenvalue weighted by molar-refractivity contribution is 5.92. The Bertz CT molecular complexity index is 571. The van der Waals surface area contributed by atoms with E-state index in [2.05, 4.69) is 22.7 Å². The van der Waals surface area contributed by atoms with E-state index < -0.39 is 0 Å². The van der Waals surface area contributed by atoms with Gasteiger partial charge in [-0.2, -0.15) is 0 Å². The van der Waals surface area contributed by atoms with E-state index in [1.807, 2.05) is 30.3 Å². The molecule has 2 rings (SSSR count). The molecule has 1 atom stereocenters. The molecule has 0 bridgehead atoms. The molecule has 0 aliphatic carbocycles. The zero-order chi connectivity index (χ0) is 14.4. The normalized spacial score (nSPS) is 11.7. The van der Waals surface area contributed by atoms with Gasteiger partial charge in [-0.25, -0.2) is 10.8 Å². The van der Waals surface area contributed by atoms with Crippen LogP contribution in [0.1, 0.15) is 28.9 Å². The predicted molar refractivity (Wildman–Crippen MR) is 79.2 cm³/mol. The van der Waals surface area contributed by atoms with E-state index in [0.717, 1.165) is 0 Å². The van der Waals surface area contributed by atoms with Gasteiger partial charge in [-0.05, 0) is 23.6 Å². The van der Waals surface area contributed by atoms with E-state index in [1.54, 1.807) is 18.2 Å². The van der Waals surface area contributed by atoms with Crippen LogP contribution >= 0.6 is 0 Å². The molecule has 0 spiro atoms. The molecule has 104 valence electrons. The Morgan fingerprint density at radius 2 is 1.95 bits per heavy atom. The first-order chi connectivity index (χ1) is 9.70. The van der Waals surface area contributed by atoms with Gasteiger partial charge in [0.1, 0.15) is 11.5 Å². The van der Waals surface area contributed by atoms with Crippen LogP contribution in [0.3, 0.4) is 0 Å². The summed E-state index contributed by atoms with van der Waals surface area (Å²) < 4.78 is 0. The molecule has 1 aromatic carbocycles. The number of carbonyl (C=O) groups excluding carboxylic acids is 1. The number of aromatic nitrogens is 1. The number of hydrogen-bond acceptors (Lipinski definition) is 4. The molecule has 0 aliphatic rings. The SMILES string of the molecule is CC(CNC(=O)c1cccc(NN)n1)c1ccccc1. The fourth-order valence-electron chi connectivity index (χ4n) is 1.88. The topological polar surface area (TPSA) is 80.0 Å². The summed E-state index contributed by atoms with van der Waals surface area (Å²) in [7, 11) is 0. The Morgan fingerprint density at radius 3 is 2.65 bits per heavy atom. The highest BCUT2D eigenvalue weighted by atomic mass is 16.1. The van der Waals surface area contributed by atoms with E-state index in [4.69, 9.17) is 5.84 Å². The van der Waals surface area contributed by atoms with Gasteiger partial charge in [-0.15, -0.1) is 0 Å². The molecule has 0 radical (unpaired) electrons. The average Bonchev–Trinajstić information content (AvgIpc) is 2.53. The van der Waals surface area contributed by atoms with E-state index in [1.165, 1.54) is 5.56 Å². The molecular weight excluding hydrogens is 252 g/mol. The number of pyridine rings is 1. The minimum atomic E-state index is -0.204. The Balaban J connectivity index is 1.95. The largest absolute Gasteiger partial charge is 0.350 e. The fourth-order valence-corrected chi connectivity index (χ4v) is 1.88. The summed E-state index contributed by atoms with van der Waals surface area (Å²) in [6.45, 7) is 2.63. The summed E-state index contributed by atoms with van der Waals surface area (Å²) in [5, 5.41) is 2.88. The summed E-state index contributed by atoms with van der Waals surface area (Å²) in [6, 6.07) is 15.1. The maximum Gasteiger partial charge on any atom is 0.269 e.